The minimum atomic E-state index is -1.22. The molecule has 0 fully saturated rings. The van der Waals surface area contributed by atoms with Crippen molar-refractivity contribution in [2.75, 3.05) is 7.11 Å². The lowest BCUT2D eigenvalue weighted by atomic mass is 10.0. The summed E-state index contributed by atoms with van der Waals surface area (Å²) >= 11 is 0. The van der Waals surface area contributed by atoms with Gasteiger partial charge in [-0.3, -0.25) is 9.59 Å². The molecular formula is C14H17NO4. The maximum Gasteiger partial charge on any atom is 0.336 e. The van der Waals surface area contributed by atoms with Crippen molar-refractivity contribution in [3.8, 4) is 0 Å². The summed E-state index contributed by atoms with van der Waals surface area (Å²) in [6.07, 6.45) is 0.691. The first-order valence-electron chi connectivity index (χ1n) is 5.96. The molecule has 1 N–H and O–H groups in total. The van der Waals surface area contributed by atoms with E-state index in [1.807, 2.05) is 30.3 Å². The Kier molecular flexibility index (Phi) is 5.73. The highest BCUT2D eigenvalue weighted by atomic mass is 16.5. The van der Waals surface area contributed by atoms with Gasteiger partial charge in [-0.15, -0.1) is 0 Å². The number of methoxy groups -OCH3 is 1. The van der Waals surface area contributed by atoms with Gasteiger partial charge >= 0.3 is 5.97 Å². The van der Waals surface area contributed by atoms with Crippen molar-refractivity contribution in [1.29, 1.82) is 0 Å². The number of ketones is 1. The highest BCUT2D eigenvalue weighted by Crippen LogP contribution is 2.05. The van der Waals surface area contributed by atoms with Gasteiger partial charge in [0, 0.05) is 13.3 Å². The minimum Gasteiger partial charge on any atom is -0.467 e. The van der Waals surface area contributed by atoms with E-state index in [2.05, 4.69) is 10.1 Å². The van der Waals surface area contributed by atoms with E-state index < -0.39 is 17.9 Å². The second-order valence-corrected chi connectivity index (χ2v) is 4.11. The summed E-state index contributed by atoms with van der Waals surface area (Å²) in [5.74, 6) is -1.54. The normalized spacial score (nSPS) is 11.5. The molecule has 1 unspecified atom stereocenters. The van der Waals surface area contributed by atoms with Crippen molar-refractivity contribution in [1.82, 2.24) is 5.32 Å². The Labute approximate surface area is 111 Å². The van der Waals surface area contributed by atoms with Crippen LogP contribution in [-0.4, -0.2) is 30.8 Å². The topological polar surface area (TPSA) is 72.5 Å². The van der Waals surface area contributed by atoms with Crippen LogP contribution in [0.15, 0.2) is 30.3 Å². The average molecular weight is 263 g/mol. The number of rotatable bonds is 6. The molecule has 0 saturated carbocycles. The lowest BCUT2D eigenvalue weighted by Gasteiger charge is -2.14. The van der Waals surface area contributed by atoms with Gasteiger partial charge in [0.15, 0.2) is 11.8 Å². The van der Waals surface area contributed by atoms with Crippen LogP contribution in [0.1, 0.15) is 18.9 Å². The molecule has 5 heteroatoms. The van der Waals surface area contributed by atoms with Crippen LogP contribution in [0, 0.1) is 0 Å². The van der Waals surface area contributed by atoms with E-state index in [-0.39, 0.29) is 12.2 Å². The second kappa shape index (κ2) is 7.31. The molecule has 0 aromatic heterocycles. The van der Waals surface area contributed by atoms with Gasteiger partial charge in [-0.25, -0.2) is 4.79 Å². The van der Waals surface area contributed by atoms with E-state index in [1.165, 1.54) is 14.0 Å². The quantitative estimate of drug-likeness (QED) is 0.610. The van der Waals surface area contributed by atoms with Crippen LogP contribution in [-0.2, 0) is 25.5 Å². The smallest absolute Gasteiger partial charge is 0.336 e. The van der Waals surface area contributed by atoms with E-state index in [1.54, 1.807) is 0 Å². The molecule has 102 valence electrons. The lowest BCUT2D eigenvalue weighted by molar-refractivity contribution is -0.148. The Morgan fingerprint density at radius 1 is 1.21 bits per heavy atom. The number of hydrogen-bond acceptors (Lipinski definition) is 4. The Morgan fingerprint density at radius 3 is 2.37 bits per heavy atom. The molecule has 1 aromatic carbocycles. The number of amides is 1. The van der Waals surface area contributed by atoms with Crippen LogP contribution >= 0.6 is 0 Å². The zero-order valence-corrected chi connectivity index (χ0v) is 11.0. The van der Waals surface area contributed by atoms with Crippen LogP contribution < -0.4 is 5.32 Å². The lowest BCUT2D eigenvalue weighted by Crippen LogP contribution is -2.46. The van der Waals surface area contributed by atoms with Gasteiger partial charge in [-0.1, -0.05) is 30.3 Å². The van der Waals surface area contributed by atoms with Gasteiger partial charge in [0.2, 0.25) is 5.91 Å². The molecule has 0 radical (unpaired) electrons. The average Bonchev–Trinajstić information content (AvgIpc) is 2.42. The highest BCUT2D eigenvalue weighted by molar-refractivity contribution is 6.05. The van der Waals surface area contributed by atoms with E-state index >= 15 is 0 Å². The molecule has 5 nitrogen and oxygen atoms in total. The summed E-state index contributed by atoms with van der Waals surface area (Å²) in [6, 6.07) is 8.24. The number of ether oxygens (including phenoxy) is 1. The molecule has 19 heavy (non-hydrogen) atoms. The number of carbonyl (C=O) groups is 3. The van der Waals surface area contributed by atoms with Crippen LogP contribution in [0.25, 0.3) is 0 Å². The number of Topliss-reactive ketones (excluding diaryl/α,β-unsaturated/α-hetero) is 1. The number of carbonyl (C=O) groups excluding carboxylic acids is 3. The maximum absolute atomic E-state index is 11.9. The number of esters is 1. The van der Waals surface area contributed by atoms with Gasteiger partial charge in [0.1, 0.15) is 0 Å². The van der Waals surface area contributed by atoms with Crippen molar-refractivity contribution < 1.29 is 19.1 Å². The predicted octanol–water partition coefficient (Wildman–Crippen LogP) is 0.866. The first-order valence-corrected chi connectivity index (χ1v) is 5.96. The third-order valence-electron chi connectivity index (χ3n) is 2.61. The molecule has 0 aliphatic rings. The molecule has 0 heterocycles. The monoisotopic (exact) mass is 263 g/mol. The molecule has 0 saturated heterocycles. The summed E-state index contributed by atoms with van der Waals surface area (Å²) < 4.78 is 4.51. The summed E-state index contributed by atoms with van der Waals surface area (Å²) in [4.78, 5) is 34.4. The first kappa shape index (κ1) is 14.9. The van der Waals surface area contributed by atoms with Gasteiger partial charge < -0.3 is 10.1 Å². The van der Waals surface area contributed by atoms with Crippen molar-refractivity contribution in [2.24, 2.45) is 0 Å². The van der Waals surface area contributed by atoms with Crippen LogP contribution in [0.5, 0.6) is 0 Å². The van der Waals surface area contributed by atoms with E-state index in [9.17, 15) is 14.4 Å². The van der Waals surface area contributed by atoms with Crippen molar-refractivity contribution in [2.45, 2.75) is 25.8 Å². The fourth-order valence-corrected chi connectivity index (χ4v) is 1.65. The molecule has 1 rings (SSSR count). The number of hydrogen-bond donors (Lipinski definition) is 1. The van der Waals surface area contributed by atoms with E-state index in [0.717, 1.165) is 5.56 Å². The summed E-state index contributed by atoms with van der Waals surface area (Å²) in [5, 5.41) is 2.30. The van der Waals surface area contributed by atoms with Crippen molar-refractivity contribution >= 4 is 17.7 Å². The van der Waals surface area contributed by atoms with Crippen LogP contribution in [0.3, 0.4) is 0 Å². The highest BCUT2D eigenvalue weighted by Gasteiger charge is 2.27. The molecule has 1 aromatic rings. The van der Waals surface area contributed by atoms with Gasteiger partial charge in [0.05, 0.1) is 7.11 Å². The Balaban J connectivity index is 2.62. The molecule has 0 aliphatic carbocycles. The summed E-state index contributed by atoms with van der Waals surface area (Å²) in [6.45, 7) is 1.25. The van der Waals surface area contributed by atoms with Gasteiger partial charge in [-0.05, 0) is 12.0 Å². The third-order valence-corrected chi connectivity index (χ3v) is 2.61. The molecule has 0 bridgehead atoms. The SMILES string of the molecule is COC(=O)C(NC(C)=O)C(=O)CCc1ccccc1. The number of aryl methyl sites for hydroxylation is 1. The van der Waals surface area contributed by atoms with Crippen LogP contribution in [0.2, 0.25) is 0 Å². The number of nitrogens with one attached hydrogen (secondary N) is 1. The van der Waals surface area contributed by atoms with Crippen LogP contribution in [0.4, 0.5) is 0 Å². The van der Waals surface area contributed by atoms with E-state index in [4.69, 9.17) is 0 Å². The molecule has 1 atom stereocenters. The summed E-state index contributed by atoms with van der Waals surface area (Å²) in [5.41, 5.74) is 1.00. The summed E-state index contributed by atoms with van der Waals surface area (Å²) in [7, 11) is 1.18. The second-order valence-electron chi connectivity index (χ2n) is 4.11. The van der Waals surface area contributed by atoms with Crippen molar-refractivity contribution in [3.05, 3.63) is 35.9 Å². The Morgan fingerprint density at radius 2 is 1.84 bits per heavy atom. The fourth-order valence-electron chi connectivity index (χ4n) is 1.65. The van der Waals surface area contributed by atoms with Gasteiger partial charge in [0.25, 0.3) is 0 Å². The third kappa shape index (κ3) is 4.91. The molecule has 0 spiro atoms. The Bertz CT molecular complexity index is 456. The van der Waals surface area contributed by atoms with E-state index in [0.29, 0.717) is 6.42 Å². The zero-order chi connectivity index (χ0) is 14.3. The maximum atomic E-state index is 11.9. The Hall–Kier alpha value is -2.17. The molecule has 0 aliphatic heterocycles. The molecule has 1 amide bonds. The minimum absolute atomic E-state index is 0.171. The fraction of sp³-hybridized carbons (Fsp3) is 0.357. The zero-order valence-electron chi connectivity index (χ0n) is 11.0. The largest absolute Gasteiger partial charge is 0.467 e. The predicted molar refractivity (Wildman–Crippen MR) is 69.4 cm³/mol. The standard InChI is InChI=1S/C14H17NO4/c1-10(16)15-13(14(18)19-2)12(17)9-8-11-6-4-3-5-7-11/h3-7,13H,8-9H2,1-2H3,(H,15,16). The first-order chi connectivity index (χ1) is 9.04. The number of benzene rings is 1. The molecular weight excluding hydrogens is 246 g/mol. The van der Waals surface area contributed by atoms with Crippen molar-refractivity contribution in [3.63, 3.8) is 0 Å². The van der Waals surface area contributed by atoms with Gasteiger partial charge in [-0.2, -0.15) is 0 Å².